The number of rotatable bonds is 7. The van der Waals surface area contributed by atoms with Crippen LogP contribution >= 0.6 is 0 Å². The predicted octanol–water partition coefficient (Wildman–Crippen LogP) is -0.538. The number of halogens is 2. The lowest BCUT2D eigenvalue weighted by Crippen LogP contribution is -3.00. The van der Waals surface area contributed by atoms with Crippen LogP contribution < -0.4 is 17.7 Å². The first-order valence-electron chi connectivity index (χ1n) is 8.03. The number of phenols is 1. The third-order valence-electron chi connectivity index (χ3n) is 4.22. The number of hydrogen-bond donors (Lipinski definition) is 3. The normalized spacial score (nSPS) is 13.2. The lowest BCUT2D eigenvalue weighted by molar-refractivity contribution is -0.694. The van der Waals surface area contributed by atoms with Crippen molar-refractivity contribution in [3.8, 4) is 5.75 Å². The van der Waals surface area contributed by atoms with Crippen molar-refractivity contribution in [3.63, 3.8) is 0 Å². The minimum atomic E-state index is -0.644. The molecule has 2 rings (SSSR count). The lowest BCUT2D eigenvalue weighted by atomic mass is 10.0. The maximum atomic E-state index is 13.5. The predicted molar refractivity (Wildman–Crippen MR) is 88.8 cm³/mol. The van der Waals surface area contributed by atoms with Crippen LogP contribution in [0, 0.1) is 12.7 Å². The summed E-state index contributed by atoms with van der Waals surface area (Å²) in [7, 11) is 0. The molecule has 0 saturated carbocycles. The highest BCUT2D eigenvalue weighted by Gasteiger charge is 2.19. The summed E-state index contributed by atoms with van der Waals surface area (Å²) >= 11 is 0. The number of quaternary nitrogens is 1. The summed E-state index contributed by atoms with van der Waals surface area (Å²) in [5.74, 6) is 0.0454. The molecule has 0 bridgehead atoms. The van der Waals surface area contributed by atoms with Crippen molar-refractivity contribution in [1.29, 1.82) is 0 Å². The van der Waals surface area contributed by atoms with E-state index >= 15 is 0 Å². The van der Waals surface area contributed by atoms with Gasteiger partial charge in [-0.05, 0) is 49.1 Å². The SMILES string of the molecule is Cc1ccc(C(O)C(C)[NH2+]CCCc2ccccc2F)cc1O.[Cl-]. The van der Waals surface area contributed by atoms with Gasteiger partial charge in [0.05, 0.1) is 6.54 Å². The van der Waals surface area contributed by atoms with Crippen LogP contribution in [0.3, 0.4) is 0 Å². The molecule has 2 unspecified atom stereocenters. The number of aliphatic hydroxyl groups is 1. The van der Waals surface area contributed by atoms with Crippen LogP contribution in [0.4, 0.5) is 4.39 Å². The van der Waals surface area contributed by atoms with Gasteiger partial charge < -0.3 is 27.9 Å². The molecule has 132 valence electrons. The number of phenolic OH excluding ortho intramolecular Hbond substituents is 1. The van der Waals surface area contributed by atoms with Gasteiger partial charge >= 0.3 is 0 Å². The summed E-state index contributed by atoms with van der Waals surface area (Å²) in [6.07, 6.45) is 0.893. The second-order valence-electron chi connectivity index (χ2n) is 6.07. The van der Waals surface area contributed by atoms with Crippen LogP contribution in [0.25, 0.3) is 0 Å². The van der Waals surface area contributed by atoms with Crippen LogP contribution in [0.5, 0.6) is 5.75 Å². The number of aromatic hydroxyl groups is 1. The molecule has 0 saturated heterocycles. The van der Waals surface area contributed by atoms with Crippen molar-refractivity contribution in [2.24, 2.45) is 0 Å². The molecule has 0 fully saturated rings. The fraction of sp³-hybridized carbons (Fsp3) is 0.368. The molecule has 2 atom stereocenters. The lowest BCUT2D eigenvalue weighted by Gasteiger charge is -2.18. The summed E-state index contributed by atoms with van der Waals surface area (Å²) in [6.45, 7) is 4.58. The number of nitrogens with two attached hydrogens (primary N) is 1. The Balaban J connectivity index is 0.00000288. The van der Waals surface area contributed by atoms with Crippen LogP contribution in [-0.2, 0) is 6.42 Å². The molecule has 0 amide bonds. The molecule has 4 N–H and O–H groups in total. The zero-order valence-corrected chi connectivity index (χ0v) is 14.8. The highest BCUT2D eigenvalue weighted by atomic mass is 35.5. The largest absolute Gasteiger partial charge is 1.00 e. The Morgan fingerprint density at radius 1 is 1.17 bits per heavy atom. The van der Waals surface area contributed by atoms with Gasteiger partial charge in [-0.15, -0.1) is 0 Å². The van der Waals surface area contributed by atoms with Gasteiger partial charge in [-0.2, -0.15) is 0 Å². The molecule has 24 heavy (non-hydrogen) atoms. The van der Waals surface area contributed by atoms with Gasteiger partial charge in [-0.1, -0.05) is 30.3 Å². The molecule has 0 aliphatic heterocycles. The summed E-state index contributed by atoms with van der Waals surface area (Å²) < 4.78 is 13.5. The average molecular weight is 354 g/mol. The van der Waals surface area contributed by atoms with Crippen LogP contribution in [0.1, 0.15) is 36.1 Å². The van der Waals surface area contributed by atoms with E-state index in [4.69, 9.17) is 0 Å². The first-order valence-corrected chi connectivity index (χ1v) is 8.03. The number of aliphatic hydroxyl groups excluding tert-OH is 1. The van der Waals surface area contributed by atoms with E-state index in [1.165, 1.54) is 6.07 Å². The van der Waals surface area contributed by atoms with E-state index in [0.29, 0.717) is 12.0 Å². The monoisotopic (exact) mass is 353 g/mol. The molecule has 2 aromatic rings. The number of benzene rings is 2. The average Bonchev–Trinajstić information content (AvgIpc) is 2.54. The Kier molecular flexibility index (Phi) is 8.19. The Morgan fingerprint density at radius 2 is 1.88 bits per heavy atom. The molecule has 3 nitrogen and oxygen atoms in total. The van der Waals surface area contributed by atoms with Gasteiger partial charge in [0, 0.05) is 6.42 Å². The molecule has 0 radical (unpaired) electrons. The van der Waals surface area contributed by atoms with E-state index in [1.54, 1.807) is 18.2 Å². The van der Waals surface area contributed by atoms with Gasteiger partial charge in [-0.3, -0.25) is 0 Å². The van der Waals surface area contributed by atoms with E-state index in [0.717, 1.165) is 24.1 Å². The van der Waals surface area contributed by atoms with Crippen molar-refractivity contribution < 1.29 is 32.3 Å². The van der Waals surface area contributed by atoms with Crippen molar-refractivity contribution in [2.75, 3.05) is 6.54 Å². The quantitative estimate of drug-likeness (QED) is 0.586. The molecular weight excluding hydrogens is 329 g/mol. The Labute approximate surface area is 149 Å². The fourth-order valence-corrected chi connectivity index (χ4v) is 2.62. The maximum absolute atomic E-state index is 13.5. The van der Waals surface area contributed by atoms with Gasteiger partial charge in [0.2, 0.25) is 0 Å². The first-order chi connectivity index (χ1) is 11.0. The number of aryl methyl sites for hydroxylation is 2. The Hall–Kier alpha value is -1.62. The minimum Gasteiger partial charge on any atom is -1.00 e. The van der Waals surface area contributed by atoms with Crippen LogP contribution in [0.15, 0.2) is 42.5 Å². The van der Waals surface area contributed by atoms with E-state index in [1.807, 2.05) is 32.0 Å². The Morgan fingerprint density at radius 3 is 2.54 bits per heavy atom. The van der Waals surface area contributed by atoms with Gasteiger partial charge in [0.15, 0.2) is 0 Å². The molecule has 0 aliphatic carbocycles. The maximum Gasteiger partial charge on any atom is 0.130 e. The second-order valence-corrected chi connectivity index (χ2v) is 6.07. The standard InChI is InChI=1S/C19H24FNO2.ClH/c1-13-9-10-16(12-18(13)22)19(23)14(2)21-11-5-7-15-6-3-4-8-17(15)20;/h3-4,6,8-10,12,14,19,21-23H,5,7,11H2,1-2H3;1H. The molecular formula is C19H25ClFNO2. The van der Waals surface area contributed by atoms with Crippen molar-refractivity contribution in [3.05, 3.63) is 65.0 Å². The van der Waals surface area contributed by atoms with E-state index in [2.05, 4.69) is 5.32 Å². The minimum absolute atomic E-state index is 0. The summed E-state index contributed by atoms with van der Waals surface area (Å²) in [5.41, 5.74) is 2.24. The summed E-state index contributed by atoms with van der Waals surface area (Å²) in [5, 5.41) is 22.2. The van der Waals surface area contributed by atoms with Crippen molar-refractivity contribution in [1.82, 2.24) is 0 Å². The zero-order chi connectivity index (χ0) is 16.8. The Bertz CT molecular complexity index is 651. The molecule has 0 aromatic heterocycles. The second kappa shape index (κ2) is 9.62. The zero-order valence-electron chi connectivity index (χ0n) is 14.0. The molecule has 0 heterocycles. The van der Waals surface area contributed by atoms with Crippen molar-refractivity contribution >= 4 is 0 Å². The van der Waals surface area contributed by atoms with Gasteiger partial charge in [0.25, 0.3) is 0 Å². The van der Waals surface area contributed by atoms with Crippen LogP contribution in [-0.4, -0.2) is 22.8 Å². The summed E-state index contributed by atoms with van der Waals surface area (Å²) in [6, 6.07) is 12.1. The smallest absolute Gasteiger partial charge is 0.130 e. The van der Waals surface area contributed by atoms with Crippen molar-refractivity contribution in [2.45, 2.75) is 38.8 Å². The fourth-order valence-electron chi connectivity index (χ4n) is 2.62. The summed E-state index contributed by atoms with van der Waals surface area (Å²) in [4.78, 5) is 0. The first kappa shape index (κ1) is 20.4. The van der Waals surface area contributed by atoms with E-state index in [9.17, 15) is 14.6 Å². The van der Waals surface area contributed by atoms with E-state index in [-0.39, 0.29) is 30.0 Å². The highest BCUT2D eigenvalue weighted by molar-refractivity contribution is 5.36. The highest BCUT2D eigenvalue weighted by Crippen LogP contribution is 2.23. The van der Waals surface area contributed by atoms with E-state index < -0.39 is 6.10 Å². The molecule has 2 aromatic carbocycles. The molecule has 0 aliphatic rings. The van der Waals surface area contributed by atoms with Gasteiger partial charge in [-0.25, -0.2) is 4.39 Å². The third kappa shape index (κ3) is 5.48. The topological polar surface area (TPSA) is 57.1 Å². The number of hydrogen-bond acceptors (Lipinski definition) is 2. The van der Waals surface area contributed by atoms with Gasteiger partial charge in [0.1, 0.15) is 23.7 Å². The third-order valence-corrected chi connectivity index (χ3v) is 4.22. The molecule has 0 spiro atoms. The molecule has 5 heteroatoms. The van der Waals surface area contributed by atoms with Crippen LogP contribution in [0.2, 0.25) is 0 Å².